The summed E-state index contributed by atoms with van der Waals surface area (Å²) in [6.07, 6.45) is 2.41. The van der Waals surface area contributed by atoms with Crippen molar-refractivity contribution in [2.75, 3.05) is 39.3 Å². The van der Waals surface area contributed by atoms with Gasteiger partial charge in [0.15, 0.2) is 5.69 Å². The van der Waals surface area contributed by atoms with Gasteiger partial charge in [-0.05, 0) is 13.3 Å². The number of methoxy groups -OCH3 is 1. The first-order chi connectivity index (χ1) is 9.19. The third-order valence-electron chi connectivity index (χ3n) is 2.37. The number of aryl methyl sites for hydroxylation is 1. The molecular formula is C12H21N3O4. The maximum Gasteiger partial charge on any atom is 0.361 e. The lowest BCUT2D eigenvalue weighted by Gasteiger charge is -2.03. The van der Waals surface area contributed by atoms with Crippen molar-refractivity contribution in [2.45, 2.75) is 19.9 Å². The molecule has 0 aliphatic heterocycles. The number of nitrogen functional groups attached to an aromatic ring is 1. The number of carbonyl (C=O) groups is 1. The van der Waals surface area contributed by atoms with E-state index in [1.807, 2.05) is 0 Å². The molecule has 0 amide bonds. The Bertz CT molecular complexity index is 392. The molecule has 1 rings (SSSR count). The van der Waals surface area contributed by atoms with Gasteiger partial charge in [-0.25, -0.2) is 4.79 Å². The zero-order valence-electron chi connectivity index (χ0n) is 11.4. The highest BCUT2D eigenvalue weighted by molar-refractivity contribution is 5.92. The molecule has 2 N–H and O–H groups in total. The smallest absolute Gasteiger partial charge is 0.361 e. The predicted octanol–water partition coefficient (Wildman–Crippen LogP) is 0.695. The van der Waals surface area contributed by atoms with Gasteiger partial charge in [0.05, 0.1) is 25.5 Å². The van der Waals surface area contributed by atoms with Crippen molar-refractivity contribution >= 4 is 11.7 Å². The Kier molecular flexibility index (Phi) is 6.91. The normalized spacial score (nSPS) is 10.6. The van der Waals surface area contributed by atoms with E-state index in [4.69, 9.17) is 19.9 Å². The molecule has 0 fully saturated rings. The predicted molar refractivity (Wildman–Crippen MR) is 69.9 cm³/mol. The molecule has 1 aromatic rings. The van der Waals surface area contributed by atoms with E-state index in [2.05, 4.69) is 5.10 Å². The van der Waals surface area contributed by atoms with Crippen molar-refractivity contribution in [1.82, 2.24) is 9.78 Å². The van der Waals surface area contributed by atoms with Gasteiger partial charge >= 0.3 is 5.97 Å². The SMILES string of the molecule is CCOC(=O)c1nn(CCCOCCOC)cc1N. The van der Waals surface area contributed by atoms with Gasteiger partial charge < -0.3 is 19.9 Å². The summed E-state index contributed by atoms with van der Waals surface area (Å²) in [6.45, 7) is 4.45. The second-order valence-corrected chi connectivity index (χ2v) is 3.88. The number of ether oxygens (including phenoxy) is 3. The van der Waals surface area contributed by atoms with Gasteiger partial charge in [0.2, 0.25) is 0 Å². The maximum atomic E-state index is 11.5. The Morgan fingerprint density at radius 1 is 1.42 bits per heavy atom. The molecule has 1 heterocycles. The zero-order valence-corrected chi connectivity index (χ0v) is 11.4. The highest BCUT2D eigenvalue weighted by Gasteiger charge is 2.15. The fourth-order valence-corrected chi connectivity index (χ4v) is 1.48. The van der Waals surface area contributed by atoms with Crippen molar-refractivity contribution in [1.29, 1.82) is 0 Å². The van der Waals surface area contributed by atoms with E-state index >= 15 is 0 Å². The summed E-state index contributed by atoms with van der Waals surface area (Å²) in [4.78, 5) is 11.5. The number of aromatic nitrogens is 2. The molecule has 0 saturated carbocycles. The van der Waals surface area contributed by atoms with Gasteiger partial charge in [0.1, 0.15) is 0 Å². The Balaban J connectivity index is 2.35. The van der Waals surface area contributed by atoms with Crippen LogP contribution in [0.1, 0.15) is 23.8 Å². The van der Waals surface area contributed by atoms with Crippen LogP contribution in [-0.4, -0.2) is 49.3 Å². The molecular weight excluding hydrogens is 250 g/mol. The molecule has 0 saturated heterocycles. The lowest BCUT2D eigenvalue weighted by atomic mass is 10.4. The van der Waals surface area contributed by atoms with E-state index in [0.29, 0.717) is 38.7 Å². The number of hydrogen-bond donors (Lipinski definition) is 1. The number of hydrogen-bond acceptors (Lipinski definition) is 6. The standard InChI is InChI=1S/C12H21N3O4/c1-3-19-12(16)11-10(13)9-15(14-11)5-4-6-18-8-7-17-2/h9H,3-8,13H2,1-2H3. The molecule has 0 spiro atoms. The second-order valence-electron chi connectivity index (χ2n) is 3.88. The lowest BCUT2D eigenvalue weighted by molar-refractivity contribution is 0.0519. The third kappa shape index (κ3) is 5.27. The van der Waals surface area contributed by atoms with Crippen molar-refractivity contribution in [3.05, 3.63) is 11.9 Å². The van der Waals surface area contributed by atoms with Gasteiger partial charge in [0.25, 0.3) is 0 Å². The van der Waals surface area contributed by atoms with Crippen molar-refractivity contribution < 1.29 is 19.0 Å². The summed E-state index contributed by atoms with van der Waals surface area (Å²) in [6, 6.07) is 0. The summed E-state index contributed by atoms with van der Waals surface area (Å²) >= 11 is 0. The monoisotopic (exact) mass is 271 g/mol. The Morgan fingerprint density at radius 3 is 2.89 bits per heavy atom. The van der Waals surface area contributed by atoms with Gasteiger partial charge in [-0.3, -0.25) is 4.68 Å². The van der Waals surface area contributed by atoms with Crippen LogP contribution in [0.25, 0.3) is 0 Å². The van der Waals surface area contributed by atoms with Crippen molar-refractivity contribution in [3.63, 3.8) is 0 Å². The van der Waals surface area contributed by atoms with Gasteiger partial charge in [-0.2, -0.15) is 5.10 Å². The molecule has 0 aliphatic rings. The van der Waals surface area contributed by atoms with Crippen LogP contribution in [-0.2, 0) is 20.8 Å². The number of anilines is 1. The van der Waals surface area contributed by atoms with Crippen LogP contribution in [0.5, 0.6) is 0 Å². The topological polar surface area (TPSA) is 88.6 Å². The van der Waals surface area contributed by atoms with Crippen LogP contribution in [0, 0.1) is 0 Å². The highest BCUT2D eigenvalue weighted by atomic mass is 16.5. The maximum absolute atomic E-state index is 11.5. The third-order valence-corrected chi connectivity index (χ3v) is 2.37. The fraction of sp³-hybridized carbons (Fsp3) is 0.667. The van der Waals surface area contributed by atoms with Gasteiger partial charge in [0, 0.05) is 26.5 Å². The minimum atomic E-state index is -0.491. The van der Waals surface area contributed by atoms with Gasteiger partial charge in [-0.1, -0.05) is 0 Å². The minimum absolute atomic E-state index is 0.169. The Labute approximate surface area is 112 Å². The van der Waals surface area contributed by atoms with E-state index < -0.39 is 5.97 Å². The summed E-state index contributed by atoms with van der Waals surface area (Å²) in [7, 11) is 1.63. The van der Waals surface area contributed by atoms with Crippen LogP contribution in [0.4, 0.5) is 5.69 Å². The number of carbonyl (C=O) groups excluding carboxylic acids is 1. The first kappa shape index (κ1) is 15.5. The summed E-state index contributed by atoms with van der Waals surface area (Å²) in [5.74, 6) is -0.491. The minimum Gasteiger partial charge on any atom is -0.461 e. The number of nitrogens with two attached hydrogens (primary N) is 1. The molecule has 0 aliphatic carbocycles. The number of esters is 1. The molecule has 1 aromatic heterocycles. The van der Waals surface area contributed by atoms with E-state index in [1.165, 1.54) is 0 Å². The highest BCUT2D eigenvalue weighted by Crippen LogP contribution is 2.10. The molecule has 0 bridgehead atoms. The Morgan fingerprint density at radius 2 is 2.21 bits per heavy atom. The molecule has 7 heteroatoms. The van der Waals surface area contributed by atoms with Crippen LogP contribution in [0.15, 0.2) is 6.20 Å². The second kappa shape index (κ2) is 8.49. The quantitative estimate of drug-likeness (QED) is 0.525. The summed E-state index contributed by atoms with van der Waals surface area (Å²) in [5.41, 5.74) is 6.21. The van der Waals surface area contributed by atoms with Crippen LogP contribution >= 0.6 is 0 Å². The molecule has 0 aromatic carbocycles. The van der Waals surface area contributed by atoms with E-state index in [9.17, 15) is 4.79 Å². The van der Waals surface area contributed by atoms with Crippen LogP contribution in [0.3, 0.4) is 0 Å². The van der Waals surface area contributed by atoms with Crippen LogP contribution < -0.4 is 5.73 Å². The largest absolute Gasteiger partial charge is 0.461 e. The molecule has 0 atom stereocenters. The first-order valence-corrected chi connectivity index (χ1v) is 6.25. The molecule has 19 heavy (non-hydrogen) atoms. The summed E-state index contributed by atoms with van der Waals surface area (Å²) < 4.78 is 16.7. The van der Waals surface area contributed by atoms with Crippen LogP contribution in [0.2, 0.25) is 0 Å². The van der Waals surface area contributed by atoms with Gasteiger partial charge in [-0.15, -0.1) is 0 Å². The summed E-state index contributed by atoms with van der Waals surface area (Å²) in [5, 5.41) is 4.10. The molecule has 0 radical (unpaired) electrons. The van der Waals surface area contributed by atoms with E-state index in [1.54, 1.807) is 24.9 Å². The lowest BCUT2D eigenvalue weighted by Crippen LogP contribution is -2.10. The average Bonchev–Trinajstić information content (AvgIpc) is 2.75. The average molecular weight is 271 g/mol. The fourth-order valence-electron chi connectivity index (χ4n) is 1.48. The Hall–Kier alpha value is -1.60. The molecule has 0 unspecified atom stereocenters. The van der Waals surface area contributed by atoms with Crippen molar-refractivity contribution in [3.8, 4) is 0 Å². The van der Waals surface area contributed by atoms with E-state index in [-0.39, 0.29) is 5.69 Å². The number of rotatable bonds is 9. The number of nitrogens with zero attached hydrogens (tertiary/aromatic N) is 2. The van der Waals surface area contributed by atoms with E-state index in [0.717, 1.165) is 6.42 Å². The van der Waals surface area contributed by atoms with Crippen molar-refractivity contribution in [2.24, 2.45) is 0 Å². The molecule has 7 nitrogen and oxygen atoms in total. The molecule has 108 valence electrons. The first-order valence-electron chi connectivity index (χ1n) is 6.25. The zero-order chi connectivity index (χ0) is 14.1.